The fraction of sp³-hybridized carbons (Fsp3) is 0.635. The van der Waals surface area contributed by atoms with Gasteiger partial charge in [0, 0.05) is 19.3 Å². The first-order valence-corrected chi connectivity index (χ1v) is 28.0. The molecule has 0 saturated carbocycles. The molecule has 0 heterocycles. The fourth-order valence-electron chi connectivity index (χ4n) is 7.28. The third kappa shape index (κ3) is 54.6. The number of hydrogen-bond acceptors (Lipinski definition) is 6. The lowest BCUT2D eigenvalue weighted by atomic mass is 10.0. The minimum atomic E-state index is -0.839. The molecule has 0 aliphatic carbocycles. The van der Waals surface area contributed by atoms with Gasteiger partial charge >= 0.3 is 17.9 Å². The molecule has 0 unspecified atom stereocenters. The van der Waals surface area contributed by atoms with Gasteiger partial charge in [-0.2, -0.15) is 0 Å². The second-order valence-electron chi connectivity index (χ2n) is 18.1. The molecule has 0 aromatic heterocycles. The number of carbonyl (C=O) groups is 3. The summed E-state index contributed by atoms with van der Waals surface area (Å²) in [5, 5.41) is 0. The van der Waals surface area contributed by atoms with Gasteiger partial charge in [0.1, 0.15) is 13.2 Å². The summed E-state index contributed by atoms with van der Waals surface area (Å²) in [6.45, 7) is 6.39. The Hall–Kier alpha value is -4.19. The number of rotatable bonds is 49. The molecule has 0 saturated heterocycles. The zero-order valence-corrected chi connectivity index (χ0v) is 44.5. The van der Waals surface area contributed by atoms with Crippen LogP contribution in [0.5, 0.6) is 0 Å². The molecule has 6 nitrogen and oxygen atoms in total. The molecule has 0 spiro atoms. The van der Waals surface area contributed by atoms with Crippen molar-refractivity contribution in [2.24, 2.45) is 0 Å². The summed E-state index contributed by atoms with van der Waals surface area (Å²) in [6.07, 6.45) is 77.7. The quantitative estimate of drug-likeness (QED) is 0.0262. The molecule has 6 heteroatoms. The van der Waals surface area contributed by atoms with Crippen LogP contribution < -0.4 is 0 Å². The van der Waals surface area contributed by atoms with Crippen LogP contribution >= 0.6 is 0 Å². The lowest BCUT2D eigenvalue weighted by Crippen LogP contribution is -2.30. The minimum absolute atomic E-state index is 0.124. The van der Waals surface area contributed by atoms with E-state index in [9.17, 15) is 14.4 Å². The topological polar surface area (TPSA) is 78.9 Å². The lowest BCUT2D eigenvalue weighted by molar-refractivity contribution is -0.166. The first-order valence-electron chi connectivity index (χ1n) is 28.0. The van der Waals surface area contributed by atoms with Crippen molar-refractivity contribution < 1.29 is 28.6 Å². The molecule has 0 aromatic carbocycles. The van der Waals surface area contributed by atoms with E-state index in [1.54, 1.807) is 0 Å². The van der Waals surface area contributed by atoms with Crippen molar-refractivity contribution in [1.82, 2.24) is 0 Å². The summed E-state index contributed by atoms with van der Waals surface area (Å²) in [4.78, 5) is 38.1. The summed E-state index contributed by atoms with van der Waals surface area (Å²) >= 11 is 0. The zero-order valence-electron chi connectivity index (χ0n) is 44.5. The van der Waals surface area contributed by atoms with Gasteiger partial charge in [-0.05, 0) is 96.3 Å². The molecule has 0 fully saturated rings. The molecule has 0 amide bonds. The highest BCUT2D eigenvalue weighted by Gasteiger charge is 2.19. The van der Waals surface area contributed by atoms with E-state index in [0.717, 1.165) is 83.5 Å². The normalized spacial score (nSPS) is 13.0. The largest absolute Gasteiger partial charge is 0.462 e. The van der Waals surface area contributed by atoms with Crippen molar-refractivity contribution in [3.63, 3.8) is 0 Å². The Morgan fingerprint density at radius 3 is 1.01 bits per heavy atom. The second kappa shape index (κ2) is 56.4. The Kier molecular flexibility index (Phi) is 53.0. The summed E-state index contributed by atoms with van der Waals surface area (Å²) in [5.41, 5.74) is 0. The summed E-state index contributed by atoms with van der Waals surface area (Å²) in [7, 11) is 0. The molecule has 0 bridgehead atoms. The van der Waals surface area contributed by atoms with Crippen molar-refractivity contribution in [1.29, 1.82) is 0 Å². The number of unbranched alkanes of at least 4 members (excludes halogenated alkanes) is 18. The van der Waals surface area contributed by atoms with E-state index >= 15 is 0 Å². The average Bonchev–Trinajstić information content (AvgIpc) is 3.35. The number of ether oxygens (including phenoxy) is 3. The molecule has 0 rings (SSSR count). The van der Waals surface area contributed by atoms with Gasteiger partial charge in [0.2, 0.25) is 0 Å². The van der Waals surface area contributed by atoms with E-state index in [1.165, 1.54) is 103 Å². The SMILES string of the molecule is CC/C=C\C/C=C\C/C=C\C/C=C\C/C=C\C/C=C\CCC(=O)OC[C@H](COC(=O)CCCCCCCCCCCCCCCCC)OC(=O)CCC/C=C\C/C=C\C/C=C\C/C=C\CCCCC. The molecular weight excluding hydrogens is 853 g/mol. The predicted octanol–water partition coefficient (Wildman–Crippen LogP) is 18.9. The lowest BCUT2D eigenvalue weighted by Gasteiger charge is -2.18. The average molecular weight is 956 g/mol. The van der Waals surface area contributed by atoms with Crippen LogP contribution in [0, 0.1) is 0 Å². The Balaban J connectivity index is 4.59. The predicted molar refractivity (Wildman–Crippen MR) is 297 cm³/mol. The number of carbonyl (C=O) groups excluding carboxylic acids is 3. The van der Waals surface area contributed by atoms with Crippen molar-refractivity contribution >= 4 is 17.9 Å². The number of esters is 3. The fourth-order valence-corrected chi connectivity index (χ4v) is 7.28. The van der Waals surface area contributed by atoms with Crippen LogP contribution in [-0.2, 0) is 28.6 Å². The van der Waals surface area contributed by atoms with Gasteiger partial charge in [-0.3, -0.25) is 14.4 Å². The van der Waals surface area contributed by atoms with Gasteiger partial charge in [0.25, 0.3) is 0 Å². The van der Waals surface area contributed by atoms with Crippen LogP contribution in [0.25, 0.3) is 0 Å². The van der Waals surface area contributed by atoms with Crippen molar-refractivity contribution in [3.05, 3.63) is 122 Å². The highest BCUT2D eigenvalue weighted by atomic mass is 16.6. The maximum absolute atomic E-state index is 12.8. The van der Waals surface area contributed by atoms with Gasteiger partial charge in [-0.15, -0.1) is 0 Å². The summed E-state index contributed by atoms with van der Waals surface area (Å²) in [6, 6.07) is 0. The summed E-state index contributed by atoms with van der Waals surface area (Å²) in [5.74, 6) is -1.07. The maximum Gasteiger partial charge on any atom is 0.306 e. The highest BCUT2D eigenvalue weighted by Crippen LogP contribution is 2.14. The van der Waals surface area contributed by atoms with E-state index < -0.39 is 6.10 Å². The molecule has 0 aliphatic heterocycles. The van der Waals surface area contributed by atoms with Gasteiger partial charge in [-0.25, -0.2) is 0 Å². The van der Waals surface area contributed by atoms with Crippen LogP contribution in [-0.4, -0.2) is 37.2 Å². The summed E-state index contributed by atoms with van der Waals surface area (Å²) < 4.78 is 16.7. The van der Waals surface area contributed by atoms with Crippen LogP contribution in [0.3, 0.4) is 0 Å². The van der Waals surface area contributed by atoms with E-state index in [4.69, 9.17) is 14.2 Å². The van der Waals surface area contributed by atoms with E-state index in [2.05, 4.69) is 130 Å². The molecule has 390 valence electrons. The third-order valence-corrected chi connectivity index (χ3v) is 11.5. The molecule has 0 N–H and O–H groups in total. The Labute approximate surface area is 424 Å². The first kappa shape index (κ1) is 64.8. The van der Waals surface area contributed by atoms with Crippen molar-refractivity contribution in [2.45, 2.75) is 245 Å². The van der Waals surface area contributed by atoms with Crippen LogP contribution in [0.1, 0.15) is 239 Å². The Morgan fingerprint density at radius 2 is 0.609 bits per heavy atom. The maximum atomic E-state index is 12.8. The van der Waals surface area contributed by atoms with Crippen LogP contribution in [0.15, 0.2) is 122 Å². The zero-order chi connectivity index (χ0) is 50.0. The molecule has 69 heavy (non-hydrogen) atoms. The number of allylic oxidation sites excluding steroid dienone is 20. The standard InChI is InChI=1S/C63H102O6/c1-4-7-10-13-16-19-22-25-28-30-31-33-35-38-41-44-47-50-53-56-62(65)68-59-60(58-67-61(64)55-52-49-46-43-40-37-34-27-24-21-18-15-12-9-6-3)69-63(66)57-54-51-48-45-42-39-36-32-29-26-23-20-17-14-11-8-5-2/h7,10,16-17,19-20,25-26,28-29,31,33,36,38-39,41,45,47-48,50,60H,4-6,8-9,11-15,18,21-24,27,30,32,34-35,37,40,42-44,46,49,51-59H2,1-3H3/b10-7-,19-16-,20-17-,28-25-,29-26-,33-31-,39-36-,41-38-,48-45-,50-47-/t60-/m0/s1. The second-order valence-corrected chi connectivity index (χ2v) is 18.1. The highest BCUT2D eigenvalue weighted by molar-refractivity contribution is 5.71. The minimum Gasteiger partial charge on any atom is -0.462 e. The van der Waals surface area contributed by atoms with E-state index in [0.29, 0.717) is 19.3 Å². The van der Waals surface area contributed by atoms with E-state index in [1.807, 2.05) is 12.2 Å². The monoisotopic (exact) mass is 955 g/mol. The first-order chi connectivity index (χ1) is 34.0. The number of hydrogen-bond donors (Lipinski definition) is 0. The van der Waals surface area contributed by atoms with Crippen molar-refractivity contribution in [3.8, 4) is 0 Å². The molecule has 0 aliphatic rings. The van der Waals surface area contributed by atoms with Gasteiger partial charge in [0.15, 0.2) is 6.10 Å². The molecular formula is C63H102O6. The van der Waals surface area contributed by atoms with E-state index in [-0.39, 0.29) is 44.0 Å². The molecule has 0 radical (unpaired) electrons. The molecule has 0 aromatic rings. The van der Waals surface area contributed by atoms with Gasteiger partial charge in [-0.1, -0.05) is 245 Å². The third-order valence-electron chi connectivity index (χ3n) is 11.5. The molecule has 1 atom stereocenters. The van der Waals surface area contributed by atoms with Gasteiger partial charge < -0.3 is 14.2 Å². The van der Waals surface area contributed by atoms with Crippen LogP contribution in [0.4, 0.5) is 0 Å². The van der Waals surface area contributed by atoms with Crippen LogP contribution in [0.2, 0.25) is 0 Å². The smallest absolute Gasteiger partial charge is 0.306 e. The Bertz CT molecular complexity index is 1470. The van der Waals surface area contributed by atoms with Gasteiger partial charge in [0.05, 0.1) is 0 Å². The van der Waals surface area contributed by atoms with Crippen molar-refractivity contribution in [2.75, 3.05) is 13.2 Å². The Morgan fingerprint density at radius 1 is 0.304 bits per heavy atom.